The molecule has 0 aliphatic heterocycles. The first kappa shape index (κ1) is 13.9. The van der Waals surface area contributed by atoms with Crippen LogP contribution in [0.25, 0.3) is 0 Å². The van der Waals surface area contributed by atoms with Crippen molar-refractivity contribution < 1.29 is 9.53 Å². The molecular formula is C16H18N2O2. The number of benzene rings is 2. The van der Waals surface area contributed by atoms with E-state index < -0.39 is 0 Å². The zero-order chi connectivity index (χ0) is 14.2. The minimum atomic E-state index is -0.00268. The summed E-state index contributed by atoms with van der Waals surface area (Å²) in [6.45, 7) is 0.917. The van der Waals surface area contributed by atoms with Crippen LogP contribution in [-0.4, -0.2) is 19.1 Å². The molecule has 2 aromatic rings. The van der Waals surface area contributed by atoms with Gasteiger partial charge in [-0.25, -0.2) is 0 Å². The van der Waals surface area contributed by atoms with Gasteiger partial charge in [-0.3, -0.25) is 4.79 Å². The Labute approximate surface area is 118 Å². The lowest BCUT2D eigenvalue weighted by atomic mass is 10.1. The Hall–Kier alpha value is -2.49. The van der Waals surface area contributed by atoms with Gasteiger partial charge in [0.2, 0.25) is 5.91 Å². The molecule has 1 amide bonds. The molecule has 3 N–H and O–H groups in total. The van der Waals surface area contributed by atoms with Gasteiger partial charge in [0, 0.05) is 5.69 Å². The summed E-state index contributed by atoms with van der Waals surface area (Å²) in [7, 11) is 0. The number of nitrogens with one attached hydrogen (secondary N) is 1. The lowest BCUT2D eigenvalue weighted by Crippen LogP contribution is -2.29. The number of amides is 1. The summed E-state index contributed by atoms with van der Waals surface area (Å²) in [6.07, 6.45) is 0.392. The first-order valence-electron chi connectivity index (χ1n) is 6.53. The van der Waals surface area contributed by atoms with E-state index in [1.807, 2.05) is 30.3 Å². The second-order valence-corrected chi connectivity index (χ2v) is 4.43. The standard InChI is InChI=1S/C16H18N2O2/c17-14-6-8-15(9-7-14)20-11-10-18-16(19)12-13-4-2-1-3-5-13/h1-9H,10-12,17H2,(H,18,19). The van der Waals surface area contributed by atoms with Gasteiger partial charge in [0.05, 0.1) is 13.0 Å². The fraction of sp³-hybridized carbons (Fsp3) is 0.188. The van der Waals surface area contributed by atoms with Crippen molar-refractivity contribution in [2.24, 2.45) is 0 Å². The quantitative estimate of drug-likeness (QED) is 0.623. The summed E-state index contributed by atoms with van der Waals surface area (Å²) in [5.74, 6) is 0.744. The van der Waals surface area contributed by atoms with Crippen molar-refractivity contribution in [2.45, 2.75) is 6.42 Å². The van der Waals surface area contributed by atoms with Crippen LogP contribution in [-0.2, 0) is 11.2 Å². The highest BCUT2D eigenvalue weighted by Crippen LogP contribution is 2.12. The van der Waals surface area contributed by atoms with Crippen molar-refractivity contribution in [3.05, 3.63) is 60.2 Å². The monoisotopic (exact) mass is 270 g/mol. The van der Waals surface area contributed by atoms with Gasteiger partial charge in [-0.1, -0.05) is 30.3 Å². The molecule has 0 aliphatic rings. The summed E-state index contributed by atoms with van der Waals surface area (Å²) < 4.78 is 5.49. The molecule has 0 heterocycles. The van der Waals surface area contributed by atoms with Crippen LogP contribution >= 0.6 is 0 Å². The molecule has 104 valence electrons. The number of rotatable bonds is 6. The Morgan fingerprint density at radius 1 is 1.05 bits per heavy atom. The van der Waals surface area contributed by atoms with Crippen molar-refractivity contribution in [1.82, 2.24) is 5.32 Å². The average Bonchev–Trinajstić information content (AvgIpc) is 2.46. The molecule has 4 nitrogen and oxygen atoms in total. The van der Waals surface area contributed by atoms with E-state index in [-0.39, 0.29) is 5.91 Å². The number of nitrogens with two attached hydrogens (primary N) is 1. The number of anilines is 1. The lowest BCUT2D eigenvalue weighted by molar-refractivity contribution is -0.120. The number of carbonyl (C=O) groups excluding carboxylic acids is 1. The molecule has 0 atom stereocenters. The van der Waals surface area contributed by atoms with Gasteiger partial charge < -0.3 is 15.8 Å². The van der Waals surface area contributed by atoms with Gasteiger partial charge in [0.25, 0.3) is 0 Å². The minimum Gasteiger partial charge on any atom is -0.492 e. The summed E-state index contributed by atoms with van der Waals surface area (Å²) >= 11 is 0. The van der Waals surface area contributed by atoms with Crippen molar-refractivity contribution in [1.29, 1.82) is 0 Å². The molecule has 0 aliphatic carbocycles. The predicted octanol–water partition coefficient (Wildman–Crippen LogP) is 2.01. The number of carbonyl (C=O) groups is 1. The molecule has 4 heteroatoms. The molecule has 0 aromatic heterocycles. The van der Waals surface area contributed by atoms with Crippen LogP contribution in [0.4, 0.5) is 5.69 Å². The van der Waals surface area contributed by atoms with Crippen LogP contribution in [0, 0.1) is 0 Å². The summed E-state index contributed by atoms with van der Waals surface area (Å²) in [6, 6.07) is 16.8. The highest BCUT2D eigenvalue weighted by molar-refractivity contribution is 5.78. The van der Waals surface area contributed by atoms with Crippen LogP contribution in [0.15, 0.2) is 54.6 Å². The van der Waals surface area contributed by atoms with Crippen LogP contribution < -0.4 is 15.8 Å². The largest absolute Gasteiger partial charge is 0.492 e. The summed E-state index contributed by atoms with van der Waals surface area (Å²) in [4.78, 5) is 11.7. The Kier molecular flexibility index (Phi) is 5.00. The average molecular weight is 270 g/mol. The number of ether oxygens (including phenoxy) is 1. The van der Waals surface area contributed by atoms with Crippen LogP contribution in [0.1, 0.15) is 5.56 Å². The van der Waals surface area contributed by atoms with E-state index in [2.05, 4.69) is 5.32 Å². The molecule has 0 fully saturated rings. The fourth-order valence-corrected chi connectivity index (χ4v) is 1.77. The molecule has 20 heavy (non-hydrogen) atoms. The van der Waals surface area contributed by atoms with E-state index in [0.29, 0.717) is 25.3 Å². The third-order valence-corrected chi connectivity index (χ3v) is 2.78. The van der Waals surface area contributed by atoms with Crippen molar-refractivity contribution in [2.75, 3.05) is 18.9 Å². The highest BCUT2D eigenvalue weighted by Gasteiger charge is 2.02. The maximum atomic E-state index is 11.7. The SMILES string of the molecule is Nc1ccc(OCCNC(=O)Cc2ccccc2)cc1. The minimum absolute atomic E-state index is 0.00268. The van der Waals surface area contributed by atoms with Crippen molar-refractivity contribution in [3.8, 4) is 5.75 Å². The molecule has 0 saturated heterocycles. The summed E-state index contributed by atoms with van der Waals surface area (Å²) in [5, 5.41) is 2.82. The molecule has 0 radical (unpaired) electrons. The third kappa shape index (κ3) is 4.65. The van der Waals surface area contributed by atoms with Gasteiger partial charge >= 0.3 is 0 Å². The molecule has 0 spiro atoms. The topological polar surface area (TPSA) is 64.3 Å². The second-order valence-electron chi connectivity index (χ2n) is 4.43. The van der Waals surface area contributed by atoms with E-state index in [9.17, 15) is 4.79 Å². The molecule has 2 rings (SSSR count). The van der Waals surface area contributed by atoms with E-state index >= 15 is 0 Å². The lowest BCUT2D eigenvalue weighted by Gasteiger charge is -2.08. The Morgan fingerprint density at radius 2 is 1.75 bits per heavy atom. The second kappa shape index (κ2) is 7.19. The number of hydrogen-bond acceptors (Lipinski definition) is 3. The Balaban J connectivity index is 1.66. The maximum Gasteiger partial charge on any atom is 0.224 e. The highest BCUT2D eigenvalue weighted by atomic mass is 16.5. The van der Waals surface area contributed by atoms with Gasteiger partial charge in [-0.15, -0.1) is 0 Å². The predicted molar refractivity (Wildman–Crippen MR) is 79.5 cm³/mol. The van der Waals surface area contributed by atoms with Gasteiger partial charge in [-0.2, -0.15) is 0 Å². The first-order chi connectivity index (χ1) is 9.74. The molecule has 2 aromatic carbocycles. The van der Waals surface area contributed by atoms with Crippen molar-refractivity contribution in [3.63, 3.8) is 0 Å². The zero-order valence-electron chi connectivity index (χ0n) is 11.2. The molecule has 0 bridgehead atoms. The van der Waals surface area contributed by atoms with Crippen molar-refractivity contribution >= 4 is 11.6 Å². The van der Waals surface area contributed by atoms with Gasteiger partial charge in [0.15, 0.2) is 0 Å². The van der Waals surface area contributed by atoms with Crippen LogP contribution in [0.2, 0.25) is 0 Å². The normalized spacial score (nSPS) is 10.0. The first-order valence-corrected chi connectivity index (χ1v) is 6.53. The Morgan fingerprint density at radius 3 is 2.45 bits per heavy atom. The van der Waals surface area contributed by atoms with Gasteiger partial charge in [0.1, 0.15) is 12.4 Å². The third-order valence-electron chi connectivity index (χ3n) is 2.78. The fourth-order valence-electron chi connectivity index (χ4n) is 1.77. The van der Waals surface area contributed by atoms with E-state index in [4.69, 9.17) is 10.5 Å². The van der Waals surface area contributed by atoms with Crippen LogP contribution in [0.3, 0.4) is 0 Å². The summed E-state index contributed by atoms with van der Waals surface area (Å²) in [5.41, 5.74) is 7.29. The number of nitrogen functional groups attached to an aromatic ring is 1. The van der Waals surface area contributed by atoms with E-state index in [1.165, 1.54) is 0 Å². The van der Waals surface area contributed by atoms with E-state index in [1.54, 1.807) is 24.3 Å². The van der Waals surface area contributed by atoms with E-state index in [0.717, 1.165) is 11.3 Å². The molecular weight excluding hydrogens is 252 g/mol. The molecule has 0 saturated carbocycles. The molecule has 0 unspecified atom stereocenters. The van der Waals surface area contributed by atoms with Crippen LogP contribution in [0.5, 0.6) is 5.75 Å². The van der Waals surface area contributed by atoms with Gasteiger partial charge in [-0.05, 0) is 29.8 Å². The zero-order valence-corrected chi connectivity index (χ0v) is 11.2. The smallest absolute Gasteiger partial charge is 0.224 e. The number of hydrogen-bond donors (Lipinski definition) is 2. The Bertz CT molecular complexity index is 538. The maximum absolute atomic E-state index is 11.7.